The largest absolute Gasteiger partial charge is 0.295 e. The summed E-state index contributed by atoms with van der Waals surface area (Å²) in [6, 6.07) is 12.7. The fourth-order valence-corrected chi connectivity index (χ4v) is 3.94. The van der Waals surface area contributed by atoms with E-state index in [4.69, 9.17) is 0 Å². The van der Waals surface area contributed by atoms with Crippen LogP contribution < -0.4 is 4.90 Å². The van der Waals surface area contributed by atoms with Crippen LogP contribution in [0.4, 0.5) is 9.52 Å². The van der Waals surface area contributed by atoms with Gasteiger partial charge in [-0.2, -0.15) is 5.10 Å². The summed E-state index contributed by atoms with van der Waals surface area (Å²) in [5.41, 5.74) is 1.62. The maximum absolute atomic E-state index is 13.6. The van der Waals surface area contributed by atoms with Crippen LogP contribution in [-0.4, -0.2) is 33.0 Å². The molecule has 1 amide bonds. The zero-order valence-corrected chi connectivity index (χ0v) is 16.4. The van der Waals surface area contributed by atoms with Gasteiger partial charge in [-0.05, 0) is 43.3 Å². The summed E-state index contributed by atoms with van der Waals surface area (Å²) in [7, 11) is 0. The lowest BCUT2D eigenvalue weighted by atomic mass is 10.1. The van der Waals surface area contributed by atoms with Crippen molar-refractivity contribution in [2.45, 2.75) is 13.5 Å². The van der Waals surface area contributed by atoms with Gasteiger partial charge in [-0.15, -0.1) is 0 Å². The molecule has 2 aromatic carbocycles. The smallest absolute Gasteiger partial charge is 0.260 e. The van der Waals surface area contributed by atoms with Crippen molar-refractivity contribution in [1.82, 2.24) is 14.8 Å². The highest BCUT2D eigenvalue weighted by Gasteiger charge is 2.22. The van der Waals surface area contributed by atoms with Gasteiger partial charge in [0.25, 0.3) is 5.91 Å². The lowest BCUT2D eigenvalue weighted by Crippen LogP contribution is -2.34. The number of halogens is 1. The number of fused-ring (bicyclic) bond motifs is 1. The van der Waals surface area contributed by atoms with Crippen molar-refractivity contribution in [2.75, 3.05) is 11.4 Å². The molecule has 0 unspecified atom stereocenters. The third-order valence-electron chi connectivity index (χ3n) is 4.47. The number of hydrogen-bond acceptors (Lipinski definition) is 5. The fraction of sp³-hybridized carbons (Fsp3) is 0.143. The number of anilines is 1. The Kier molecular flexibility index (Phi) is 5.18. The van der Waals surface area contributed by atoms with E-state index >= 15 is 0 Å². The van der Waals surface area contributed by atoms with Gasteiger partial charge < -0.3 is 0 Å². The molecule has 0 N–H and O–H groups in total. The first kappa shape index (κ1) is 18.9. The van der Waals surface area contributed by atoms with Gasteiger partial charge in [0.05, 0.1) is 16.8 Å². The Morgan fingerprint density at radius 3 is 2.59 bits per heavy atom. The molecular weight excluding hydrogens is 391 g/mol. The summed E-state index contributed by atoms with van der Waals surface area (Å²) in [6.07, 6.45) is 3.49. The van der Waals surface area contributed by atoms with Gasteiger partial charge in [0.15, 0.2) is 10.9 Å². The highest BCUT2D eigenvalue weighted by molar-refractivity contribution is 7.22. The Morgan fingerprint density at radius 2 is 1.90 bits per heavy atom. The first-order chi connectivity index (χ1) is 14.0. The lowest BCUT2D eigenvalue weighted by molar-refractivity contribution is 0.0981. The number of carbonyl (C=O) groups excluding carboxylic acids is 2. The molecule has 0 fully saturated rings. The zero-order chi connectivity index (χ0) is 20.4. The quantitative estimate of drug-likeness (QED) is 0.449. The Morgan fingerprint density at radius 1 is 1.14 bits per heavy atom. The monoisotopic (exact) mass is 408 g/mol. The van der Waals surface area contributed by atoms with E-state index in [2.05, 4.69) is 10.1 Å². The number of rotatable bonds is 6. The maximum Gasteiger partial charge on any atom is 0.260 e. The third-order valence-corrected chi connectivity index (χ3v) is 5.51. The van der Waals surface area contributed by atoms with Gasteiger partial charge in [0.1, 0.15) is 5.82 Å². The molecule has 8 heteroatoms. The van der Waals surface area contributed by atoms with Crippen molar-refractivity contribution < 1.29 is 14.0 Å². The minimum Gasteiger partial charge on any atom is -0.295 e. The second kappa shape index (κ2) is 7.92. The van der Waals surface area contributed by atoms with Crippen LogP contribution in [0.3, 0.4) is 0 Å². The minimum absolute atomic E-state index is 0.0623. The van der Waals surface area contributed by atoms with Crippen molar-refractivity contribution in [3.63, 3.8) is 0 Å². The van der Waals surface area contributed by atoms with Gasteiger partial charge in [-0.3, -0.25) is 19.2 Å². The highest BCUT2D eigenvalue weighted by Crippen LogP contribution is 2.30. The third kappa shape index (κ3) is 4.07. The number of hydrogen-bond donors (Lipinski definition) is 0. The van der Waals surface area contributed by atoms with Crippen molar-refractivity contribution in [2.24, 2.45) is 0 Å². The number of thiazole rings is 1. The Hall–Kier alpha value is -3.39. The first-order valence-corrected chi connectivity index (χ1v) is 9.79. The number of ketones is 1. The van der Waals surface area contributed by atoms with Crippen LogP contribution in [0, 0.1) is 5.82 Å². The Labute approximate surface area is 170 Å². The molecule has 0 aliphatic rings. The molecule has 6 nitrogen and oxygen atoms in total. The van der Waals surface area contributed by atoms with E-state index in [-0.39, 0.29) is 17.5 Å². The van der Waals surface area contributed by atoms with E-state index in [0.29, 0.717) is 39.6 Å². The van der Waals surface area contributed by atoms with Crippen LogP contribution in [0.1, 0.15) is 27.6 Å². The summed E-state index contributed by atoms with van der Waals surface area (Å²) in [6.45, 7) is 2.30. The number of amides is 1. The number of Topliss-reactive ketones (excluding diaryl/α,β-unsaturated/α-hetero) is 1. The van der Waals surface area contributed by atoms with E-state index < -0.39 is 0 Å². The molecule has 0 radical (unpaired) electrons. The maximum atomic E-state index is 13.6. The molecule has 2 aromatic heterocycles. The van der Waals surface area contributed by atoms with E-state index in [0.717, 1.165) is 0 Å². The van der Waals surface area contributed by atoms with Crippen LogP contribution in [0.2, 0.25) is 0 Å². The lowest BCUT2D eigenvalue weighted by Gasteiger charge is -2.20. The van der Waals surface area contributed by atoms with Crippen LogP contribution in [0.15, 0.2) is 60.9 Å². The van der Waals surface area contributed by atoms with E-state index in [1.165, 1.54) is 30.4 Å². The van der Waals surface area contributed by atoms with Crippen LogP contribution >= 0.6 is 11.3 Å². The van der Waals surface area contributed by atoms with Crippen LogP contribution in [-0.2, 0) is 6.54 Å². The van der Waals surface area contributed by atoms with Crippen molar-refractivity contribution in [1.29, 1.82) is 0 Å². The molecule has 0 bridgehead atoms. The van der Waals surface area contributed by atoms with Crippen LogP contribution in [0.5, 0.6) is 0 Å². The molecule has 0 spiro atoms. The summed E-state index contributed by atoms with van der Waals surface area (Å²) < 4.78 is 16.0. The predicted molar refractivity (Wildman–Crippen MR) is 110 cm³/mol. The zero-order valence-electron chi connectivity index (χ0n) is 15.6. The molecule has 0 aliphatic heterocycles. The molecule has 2 heterocycles. The van der Waals surface area contributed by atoms with Crippen molar-refractivity contribution in [3.8, 4) is 0 Å². The summed E-state index contributed by atoms with van der Waals surface area (Å²) in [5, 5.41) is 4.66. The van der Waals surface area contributed by atoms with Crippen LogP contribution in [0.25, 0.3) is 10.2 Å². The van der Waals surface area contributed by atoms with Gasteiger partial charge in [-0.25, -0.2) is 9.37 Å². The van der Waals surface area contributed by atoms with Gasteiger partial charge >= 0.3 is 0 Å². The molecule has 0 saturated carbocycles. The normalized spacial score (nSPS) is 11.0. The van der Waals surface area contributed by atoms with Crippen molar-refractivity contribution >= 4 is 38.4 Å². The van der Waals surface area contributed by atoms with Gasteiger partial charge in [-0.1, -0.05) is 23.5 Å². The fourth-order valence-electron chi connectivity index (χ4n) is 2.92. The van der Waals surface area contributed by atoms with E-state index in [1.54, 1.807) is 46.1 Å². The average Bonchev–Trinajstić information content (AvgIpc) is 3.37. The standard InChI is InChI=1S/C21H17FN4O2S/c1-14(27)15-3-5-16(6-4-15)20(28)26(12-11-25-10-2-9-23-25)21-24-18-8-7-17(22)13-19(18)29-21/h2-10,13H,11-12H2,1H3. The van der Waals surface area contributed by atoms with Gasteiger partial charge in [0, 0.05) is 30.1 Å². The highest BCUT2D eigenvalue weighted by atomic mass is 32.1. The predicted octanol–water partition coefficient (Wildman–Crippen LogP) is 4.18. The summed E-state index contributed by atoms with van der Waals surface area (Å²) in [4.78, 5) is 30.8. The average molecular weight is 408 g/mol. The SMILES string of the molecule is CC(=O)c1ccc(C(=O)N(CCn2cccn2)c2nc3ccc(F)cc3s2)cc1. The second-order valence-electron chi connectivity index (χ2n) is 6.47. The molecule has 0 atom stereocenters. The topological polar surface area (TPSA) is 68.1 Å². The molecule has 29 heavy (non-hydrogen) atoms. The van der Waals surface area contributed by atoms with Gasteiger partial charge in [0.2, 0.25) is 0 Å². The number of aromatic nitrogens is 3. The first-order valence-electron chi connectivity index (χ1n) is 8.97. The Bertz CT molecular complexity index is 1170. The molecule has 0 saturated heterocycles. The molecule has 4 aromatic rings. The van der Waals surface area contributed by atoms with E-state index in [1.807, 2.05) is 12.3 Å². The van der Waals surface area contributed by atoms with Crippen molar-refractivity contribution in [3.05, 3.63) is 77.9 Å². The summed E-state index contributed by atoms with van der Waals surface area (Å²) >= 11 is 1.26. The molecular formula is C21H17FN4O2S. The molecule has 146 valence electrons. The van der Waals surface area contributed by atoms with E-state index in [9.17, 15) is 14.0 Å². The number of nitrogens with zero attached hydrogens (tertiary/aromatic N) is 4. The minimum atomic E-state index is -0.345. The molecule has 4 rings (SSSR count). The number of carbonyl (C=O) groups is 2. The Balaban J connectivity index is 1.68. The number of benzene rings is 2. The second-order valence-corrected chi connectivity index (χ2v) is 7.48. The molecule has 0 aliphatic carbocycles. The summed E-state index contributed by atoms with van der Waals surface area (Å²) in [5.74, 6) is -0.651.